The minimum absolute atomic E-state index is 0.573. The molecule has 23 heavy (non-hydrogen) atoms. The summed E-state index contributed by atoms with van der Waals surface area (Å²) in [6.45, 7) is 3.65. The van der Waals surface area contributed by atoms with Crippen molar-refractivity contribution in [2.24, 2.45) is 0 Å². The normalized spacial score (nSPS) is 11.7. The van der Waals surface area contributed by atoms with Gasteiger partial charge in [0.1, 0.15) is 5.75 Å². The Labute approximate surface area is 138 Å². The highest BCUT2D eigenvalue weighted by Gasteiger charge is 2.09. The fraction of sp³-hybridized carbons (Fsp3) is 0.588. The van der Waals surface area contributed by atoms with Crippen molar-refractivity contribution < 1.29 is 4.74 Å². The van der Waals surface area contributed by atoms with Gasteiger partial charge in [0.25, 0.3) is 0 Å². The maximum absolute atomic E-state index is 6.07. The van der Waals surface area contributed by atoms with Crippen molar-refractivity contribution in [3.63, 3.8) is 0 Å². The Hall–Kier alpha value is -1.79. The summed E-state index contributed by atoms with van der Waals surface area (Å²) in [5.74, 6) is 1.43. The molecule has 1 heterocycles. The zero-order valence-electron chi connectivity index (χ0n) is 14.7. The topological polar surface area (TPSA) is 59.5 Å². The number of nitrogen functional groups attached to an aromatic ring is 1. The molecule has 0 saturated heterocycles. The number of hydrogen-bond donors (Lipinski definition) is 1. The number of benzene rings is 1. The van der Waals surface area contributed by atoms with Crippen LogP contribution in [0.3, 0.4) is 0 Å². The summed E-state index contributed by atoms with van der Waals surface area (Å²) in [4.78, 5) is 8.80. The van der Waals surface area contributed by atoms with Gasteiger partial charge in [-0.3, -0.25) is 0 Å². The number of nitrogens with two attached hydrogens (primary N) is 1. The highest BCUT2D eigenvalue weighted by molar-refractivity contribution is 5.79. The van der Waals surface area contributed by atoms with Crippen LogP contribution in [0, 0.1) is 0 Å². The second-order valence-electron chi connectivity index (χ2n) is 6.43. The largest absolute Gasteiger partial charge is 0.493 e. The van der Waals surface area contributed by atoms with Crippen molar-refractivity contribution in [1.82, 2.24) is 19.4 Å². The molecule has 128 valence electrons. The minimum Gasteiger partial charge on any atom is -0.493 e. The van der Waals surface area contributed by atoms with E-state index >= 15 is 0 Å². The molecule has 0 amide bonds. The van der Waals surface area contributed by atoms with Crippen LogP contribution in [0.2, 0.25) is 0 Å². The van der Waals surface area contributed by atoms with E-state index in [0.717, 1.165) is 49.3 Å². The maximum Gasteiger partial charge on any atom is 0.201 e. The average Bonchev–Trinajstić information content (AvgIpc) is 2.78. The molecule has 0 aliphatic carbocycles. The Bertz CT molecular complexity index is 621. The summed E-state index contributed by atoms with van der Waals surface area (Å²) >= 11 is 0. The van der Waals surface area contributed by atoms with Gasteiger partial charge in [-0.05, 0) is 59.7 Å². The van der Waals surface area contributed by atoms with Crippen LogP contribution in [0.1, 0.15) is 12.8 Å². The van der Waals surface area contributed by atoms with Gasteiger partial charge < -0.3 is 24.8 Å². The molecule has 0 bridgehead atoms. The second-order valence-corrected chi connectivity index (χ2v) is 6.43. The van der Waals surface area contributed by atoms with Crippen molar-refractivity contribution >= 4 is 17.0 Å². The molecular weight excluding hydrogens is 290 g/mol. The molecule has 6 heteroatoms. The number of hydrogen-bond acceptors (Lipinski definition) is 5. The van der Waals surface area contributed by atoms with E-state index in [9.17, 15) is 0 Å². The van der Waals surface area contributed by atoms with Gasteiger partial charge in [-0.2, -0.15) is 0 Å². The summed E-state index contributed by atoms with van der Waals surface area (Å²) in [6, 6.07) is 6.03. The van der Waals surface area contributed by atoms with Crippen molar-refractivity contribution in [1.29, 1.82) is 0 Å². The van der Waals surface area contributed by atoms with Gasteiger partial charge in [0.2, 0.25) is 5.95 Å². The molecule has 0 fully saturated rings. The first-order valence-electron chi connectivity index (χ1n) is 8.15. The van der Waals surface area contributed by atoms with E-state index in [1.807, 2.05) is 12.1 Å². The predicted molar refractivity (Wildman–Crippen MR) is 96.0 cm³/mol. The quantitative estimate of drug-likeness (QED) is 0.715. The van der Waals surface area contributed by atoms with Crippen molar-refractivity contribution in [3.8, 4) is 5.75 Å². The van der Waals surface area contributed by atoms with E-state index in [-0.39, 0.29) is 0 Å². The Morgan fingerprint density at radius 2 is 1.78 bits per heavy atom. The number of nitrogens with zero attached hydrogens (tertiary/aromatic N) is 4. The molecule has 1 aromatic carbocycles. The third-order valence-electron chi connectivity index (χ3n) is 3.75. The smallest absolute Gasteiger partial charge is 0.201 e. The van der Waals surface area contributed by atoms with E-state index in [2.05, 4.69) is 53.6 Å². The molecule has 0 unspecified atom stereocenters. The number of rotatable bonds is 9. The van der Waals surface area contributed by atoms with Gasteiger partial charge >= 0.3 is 0 Å². The SMILES string of the molecule is CN(C)CCCOc1ccc2c(c1)nc(N)n2CCCN(C)C. The van der Waals surface area contributed by atoms with E-state index in [1.54, 1.807) is 0 Å². The van der Waals surface area contributed by atoms with E-state index in [4.69, 9.17) is 10.5 Å². The third-order valence-corrected chi connectivity index (χ3v) is 3.75. The molecule has 0 aliphatic heterocycles. The van der Waals surface area contributed by atoms with Crippen molar-refractivity contribution in [2.75, 3.05) is 53.6 Å². The number of imidazole rings is 1. The minimum atomic E-state index is 0.573. The van der Waals surface area contributed by atoms with Crippen LogP contribution in [0.5, 0.6) is 5.75 Å². The van der Waals surface area contributed by atoms with Crippen LogP contribution in [-0.4, -0.2) is 67.2 Å². The van der Waals surface area contributed by atoms with E-state index in [0.29, 0.717) is 12.6 Å². The summed E-state index contributed by atoms with van der Waals surface area (Å²) in [6.07, 6.45) is 2.05. The lowest BCUT2D eigenvalue weighted by Crippen LogP contribution is -2.15. The van der Waals surface area contributed by atoms with E-state index < -0.39 is 0 Å². The number of ether oxygens (including phenoxy) is 1. The molecule has 0 aliphatic rings. The van der Waals surface area contributed by atoms with Gasteiger partial charge in [0.05, 0.1) is 17.6 Å². The van der Waals surface area contributed by atoms with Gasteiger partial charge in [-0.25, -0.2) is 4.98 Å². The zero-order valence-corrected chi connectivity index (χ0v) is 14.7. The lowest BCUT2D eigenvalue weighted by Gasteiger charge is -2.11. The first-order valence-corrected chi connectivity index (χ1v) is 8.15. The van der Waals surface area contributed by atoms with Crippen LogP contribution in [0.15, 0.2) is 18.2 Å². The lowest BCUT2D eigenvalue weighted by molar-refractivity contribution is 0.282. The number of aromatic nitrogens is 2. The van der Waals surface area contributed by atoms with Crippen LogP contribution in [-0.2, 0) is 6.54 Å². The fourth-order valence-corrected chi connectivity index (χ4v) is 2.57. The van der Waals surface area contributed by atoms with Gasteiger partial charge in [-0.1, -0.05) is 0 Å². The second kappa shape index (κ2) is 8.17. The van der Waals surface area contributed by atoms with Crippen LogP contribution in [0.25, 0.3) is 11.0 Å². The van der Waals surface area contributed by atoms with Crippen molar-refractivity contribution in [3.05, 3.63) is 18.2 Å². The Morgan fingerprint density at radius 3 is 2.48 bits per heavy atom. The first kappa shape index (κ1) is 17.6. The summed E-state index contributed by atoms with van der Waals surface area (Å²) in [5.41, 5.74) is 8.04. The van der Waals surface area contributed by atoms with Gasteiger partial charge in [0.15, 0.2) is 0 Å². The summed E-state index contributed by atoms with van der Waals surface area (Å²) in [7, 11) is 8.29. The lowest BCUT2D eigenvalue weighted by atomic mass is 10.3. The first-order chi connectivity index (χ1) is 11.0. The number of aryl methyl sites for hydroxylation is 1. The molecule has 2 rings (SSSR count). The molecule has 6 nitrogen and oxygen atoms in total. The standard InChI is InChI=1S/C17H29N5O/c1-20(2)9-5-11-22-16-8-7-14(13-15(16)19-17(22)18)23-12-6-10-21(3)4/h7-8,13H,5-6,9-12H2,1-4H3,(H2,18,19). The van der Waals surface area contributed by atoms with Gasteiger partial charge in [0, 0.05) is 19.2 Å². The molecule has 0 atom stereocenters. The fourth-order valence-electron chi connectivity index (χ4n) is 2.57. The molecule has 0 spiro atoms. The Balaban J connectivity index is 2.00. The highest BCUT2D eigenvalue weighted by atomic mass is 16.5. The molecular formula is C17H29N5O. The third kappa shape index (κ3) is 5.11. The molecule has 2 aromatic rings. The summed E-state index contributed by atoms with van der Waals surface area (Å²) in [5, 5.41) is 0. The molecule has 2 N–H and O–H groups in total. The highest BCUT2D eigenvalue weighted by Crippen LogP contribution is 2.23. The molecule has 1 aromatic heterocycles. The Kier molecular flexibility index (Phi) is 6.24. The van der Waals surface area contributed by atoms with Crippen LogP contribution < -0.4 is 10.5 Å². The van der Waals surface area contributed by atoms with Crippen LogP contribution >= 0.6 is 0 Å². The summed E-state index contributed by atoms with van der Waals surface area (Å²) < 4.78 is 7.88. The number of fused-ring (bicyclic) bond motifs is 1. The monoisotopic (exact) mass is 319 g/mol. The molecule has 0 radical (unpaired) electrons. The zero-order chi connectivity index (χ0) is 16.8. The average molecular weight is 319 g/mol. The van der Waals surface area contributed by atoms with E-state index in [1.165, 1.54) is 0 Å². The van der Waals surface area contributed by atoms with Gasteiger partial charge in [-0.15, -0.1) is 0 Å². The molecule has 0 saturated carbocycles. The van der Waals surface area contributed by atoms with Crippen molar-refractivity contribution in [2.45, 2.75) is 19.4 Å². The number of anilines is 1. The Morgan fingerprint density at radius 1 is 1.09 bits per heavy atom. The predicted octanol–water partition coefficient (Wildman–Crippen LogP) is 1.90. The maximum atomic E-state index is 6.07. The van der Waals surface area contributed by atoms with Crippen LogP contribution in [0.4, 0.5) is 5.95 Å².